The lowest BCUT2D eigenvalue weighted by atomic mass is 10.1. The molecule has 0 saturated carbocycles. The van der Waals surface area contributed by atoms with Gasteiger partial charge in [-0.3, -0.25) is 9.59 Å². The monoisotopic (exact) mass is 485 g/mol. The van der Waals surface area contributed by atoms with Crippen LogP contribution in [0.4, 0.5) is 11.5 Å². The summed E-state index contributed by atoms with van der Waals surface area (Å²) >= 11 is 0. The molecule has 4 rings (SSSR count). The van der Waals surface area contributed by atoms with Crippen LogP contribution in [0.5, 0.6) is 0 Å². The number of nitrogens with one attached hydrogen (secondary N) is 2. The van der Waals surface area contributed by atoms with Crippen LogP contribution in [-0.2, 0) is 20.7 Å². The van der Waals surface area contributed by atoms with Gasteiger partial charge in [-0.05, 0) is 55.7 Å². The number of carbonyl (C=O) groups excluding carboxylic acids is 3. The van der Waals surface area contributed by atoms with E-state index in [4.69, 9.17) is 9.72 Å². The zero-order valence-corrected chi connectivity index (χ0v) is 20.6. The lowest BCUT2D eigenvalue weighted by Gasteiger charge is -2.13. The quantitative estimate of drug-likeness (QED) is 0.376. The molecule has 2 aromatic carbocycles. The molecule has 2 amide bonds. The number of fused-ring (bicyclic) bond motifs is 1. The van der Waals surface area contributed by atoms with E-state index in [0.29, 0.717) is 11.5 Å². The summed E-state index contributed by atoms with van der Waals surface area (Å²) in [7, 11) is 0. The van der Waals surface area contributed by atoms with E-state index >= 15 is 0 Å². The van der Waals surface area contributed by atoms with Gasteiger partial charge in [0.05, 0.1) is 24.7 Å². The van der Waals surface area contributed by atoms with Crippen LogP contribution in [0.25, 0.3) is 16.7 Å². The Kier molecular flexibility index (Phi) is 7.10. The number of carbonyl (C=O) groups is 3. The first-order valence-corrected chi connectivity index (χ1v) is 11.6. The molecule has 0 saturated heterocycles. The third kappa shape index (κ3) is 5.25. The number of anilines is 2. The van der Waals surface area contributed by atoms with Gasteiger partial charge in [-0.25, -0.2) is 9.78 Å². The summed E-state index contributed by atoms with van der Waals surface area (Å²) in [5.74, 6) is -0.448. The average Bonchev–Trinajstić information content (AvgIpc) is 3.24. The fraction of sp³-hybridized carbons (Fsp3) is 0.222. The normalized spacial score (nSPS) is 10.8. The Hall–Kier alpha value is -4.53. The van der Waals surface area contributed by atoms with Crippen molar-refractivity contribution in [2.75, 3.05) is 17.2 Å². The van der Waals surface area contributed by atoms with E-state index in [2.05, 4.69) is 15.7 Å². The van der Waals surface area contributed by atoms with Crippen LogP contribution in [0.3, 0.4) is 0 Å². The molecule has 2 aromatic heterocycles. The number of benzene rings is 2. The zero-order valence-electron chi connectivity index (χ0n) is 20.6. The summed E-state index contributed by atoms with van der Waals surface area (Å²) in [6.07, 6.45) is 1.42. The van der Waals surface area contributed by atoms with Crippen LogP contribution in [0.15, 0.2) is 54.7 Å². The summed E-state index contributed by atoms with van der Waals surface area (Å²) in [6.45, 7) is 7.28. The fourth-order valence-corrected chi connectivity index (χ4v) is 3.92. The smallest absolute Gasteiger partial charge is 0.343 e. The van der Waals surface area contributed by atoms with E-state index in [1.165, 1.54) is 17.8 Å². The number of para-hydroxylation sites is 1. The third-order valence-corrected chi connectivity index (χ3v) is 5.61. The summed E-state index contributed by atoms with van der Waals surface area (Å²) in [5.41, 5.74) is 4.32. The molecule has 9 heteroatoms. The molecule has 0 aliphatic heterocycles. The Balaban J connectivity index is 1.68. The summed E-state index contributed by atoms with van der Waals surface area (Å²) < 4.78 is 6.62. The van der Waals surface area contributed by atoms with Gasteiger partial charge >= 0.3 is 5.97 Å². The number of rotatable bonds is 7. The molecule has 0 aliphatic carbocycles. The molecule has 0 unspecified atom stereocenters. The molecule has 4 aromatic rings. The molecule has 0 atom stereocenters. The summed E-state index contributed by atoms with van der Waals surface area (Å²) in [5, 5.41) is 10.9. The first-order valence-electron chi connectivity index (χ1n) is 11.6. The first-order chi connectivity index (χ1) is 17.3. The lowest BCUT2D eigenvalue weighted by Crippen LogP contribution is -2.20. The highest BCUT2D eigenvalue weighted by Gasteiger charge is 2.23. The highest BCUT2D eigenvalue weighted by molar-refractivity contribution is 6.01. The van der Waals surface area contributed by atoms with E-state index in [0.717, 1.165) is 27.6 Å². The van der Waals surface area contributed by atoms with Crippen molar-refractivity contribution in [3.8, 4) is 5.82 Å². The SMILES string of the molecule is CCOC(=O)c1cnn(-c2cc(C)c3cccc(C)c3n2)c1NC(=O)Cc1ccc(NC(C)=O)cc1. The number of hydrogen-bond donors (Lipinski definition) is 2. The van der Waals surface area contributed by atoms with Crippen molar-refractivity contribution in [3.05, 3.63) is 77.0 Å². The first kappa shape index (κ1) is 24.6. The number of nitrogens with zero attached hydrogens (tertiary/aromatic N) is 3. The molecule has 0 radical (unpaired) electrons. The van der Waals surface area contributed by atoms with E-state index in [9.17, 15) is 14.4 Å². The predicted octanol–water partition coefficient (Wildman–Crippen LogP) is 4.35. The molecule has 0 spiro atoms. The second-order valence-electron chi connectivity index (χ2n) is 8.41. The molecule has 0 fully saturated rings. The molecule has 36 heavy (non-hydrogen) atoms. The Morgan fingerprint density at radius 1 is 1.00 bits per heavy atom. The topological polar surface area (TPSA) is 115 Å². The maximum Gasteiger partial charge on any atom is 0.343 e. The number of pyridine rings is 1. The van der Waals surface area contributed by atoms with Crippen molar-refractivity contribution in [1.29, 1.82) is 0 Å². The molecular formula is C27H27N5O4. The number of aryl methyl sites for hydroxylation is 2. The Morgan fingerprint density at radius 2 is 1.75 bits per heavy atom. The van der Waals surface area contributed by atoms with Crippen LogP contribution in [0.2, 0.25) is 0 Å². The average molecular weight is 486 g/mol. The molecule has 0 bridgehead atoms. The van der Waals surface area contributed by atoms with Crippen molar-refractivity contribution in [3.63, 3.8) is 0 Å². The van der Waals surface area contributed by atoms with Gasteiger partial charge in [0.25, 0.3) is 0 Å². The Morgan fingerprint density at radius 3 is 2.44 bits per heavy atom. The second kappa shape index (κ2) is 10.4. The van der Waals surface area contributed by atoms with Crippen molar-refractivity contribution in [2.45, 2.75) is 34.1 Å². The minimum Gasteiger partial charge on any atom is -0.462 e. The lowest BCUT2D eigenvalue weighted by molar-refractivity contribution is -0.116. The third-order valence-electron chi connectivity index (χ3n) is 5.61. The van der Waals surface area contributed by atoms with Crippen molar-refractivity contribution >= 4 is 40.2 Å². The molecule has 2 heterocycles. The largest absolute Gasteiger partial charge is 0.462 e. The molecule has 184 valence electrons. The number of esters is 1. The van der Waals surface area contributed by atoms with Crippen molar-refractivity contribution < 1.29 is 19.1 Å². The fourth-order valence-electron chi connectivity index (χ4n) is 3.92. The van der Waals surface area contributed by atoms with E-state index in [1.807, 2.05) is 38.1 Å². The number of hydrogen-bond acceptors (Lipinski definition) is 6. The standard InChI is InChI=1S/C27H27N5O4/c1-5-36-27(35)22-15-28-32(23-13-17(3)21-8-6-7-16(2)25(21)30-23)26(22)31-24(34)14-19-9-11-20(12-10-19)29-18(4)33/h6-13,15H,5,14H2,1-4H3,(H,29,33)(H,31,34). The van der Waals surface area contributed by atoms with Crippen molar-refractivity contribution in [2.24, 2.45) is 0 Å². The van der Waals surface area contributed by atoms with Gasteiger partial charge in [0.15, 0.2) is 11.6 Å². The van der Waals surface area contributed by atoms with Gasteiger partial charge in [-0.1, -0.05) is 30.3 Å². The van der Waals surface area contributed by atoms with Gasteiger partial charge in [0.2, 0.25) is 11.8 Å². The Bertz CT molecular complexity index is 1460. The Labute approximate surface area is 208 Å². The number of ether oxygens (including phenoxy) is 1. The maximum absolute atomic E-state index is 13.0. The van der Waals surface area contributed by atoms with Crippen LogP contribution in [-0.4, -0.2) is 39.2 Å². The van der Waals surface area contributed by atoms with Crippen molar-refractivity contribution in [1.82, 2.24) is 14.8 Å². The highest BCUT2D eigenvalue weighted by atomic mass is 16.5. The zero-order chi connectivity index (χ0) is 25.8. The van der Waals surface area contributed by atoms with Crippen LogP contribution in [0, 0.1) is 13.8 Å². The van der Waals surface area contributed by atoms with Crippen LogP contribution >= 0.6 is 0 Å². The second-order valence-corrected chi connectivity index (χ2v) is 8.41. The van der Waals surface area contributed by atoms with Gasteiger partial charge < -0.3 is 15.4 Å². The van der Waals surface area contributed by atoms with E-state index in [1.54, 1.807) is 31.2 Å². The summed E-state index contributed by atoms with van der Waals surface area (Å²) in [4.78, 5) is 41.6. The van der Waals surface area contributed by atoms with E-state index < -0.39 is 5.97 Å². The minimum atomic E-state index is -0.590. The van der Waals surface area contributed by atoms with Gasteiger partial charge in [0.1, 0.15) is 5.56 Å². The number of aromatic nitrogens is 3. The number of amides is 2. The van der Waals surface area contributed by atoms with Gasteiger partial charge in [-0.15, -0.1) is 0 Å². The van der Waals surface area contributed by atoms with Gasteiger partial charge in [0, 0.05) is 18.0 Å². The molecule has 9 nitrogen and oxygen atoms in total. The highest BCUT2D eigenvalue weighted by Crippen LogP contribution is 2.26. The summed E-state index contributed by atoms with van der Waals surface area (Å²) in [6, 6.07) is 14.8. The van der Waals surface area contributed by atoms with Crippen LogP contribution < -0.4 is 10.6 Å². The molecule has 2 N–H and O–H groups in total. The maximum atomic E-state index is 13.0. The molecular weight excluding hydrogens is 458 g/mol. The van der Waals surface area contributed by atoms with Crippen LogP contribution in [0.1, 0.15) is 40.9 Å². The van der Waals surface area contributed by atoms with Gasteiger partial charge in [-0.2, -0.15) is 9.78 Å². The van der Waals surface area contributed by atoms with E-state index in [-0.39, 0.29) is 36.2 Å². The minimum absolute atomic E-state index is 0.0527. The predicted molar refractivity (Wildman–Crippen MR) is 137 cm³/mol. The molecule has 0 aliphatic rings.